The first-order valence-electron chi connectivity index (χ1n) is 10.0. The van der Waals surface area contributed by atoms with Gasteiger partial charge in [-0.15, -0.1) is 0 Å². The molecule has 0 spiro atoms. The molecule has 7 heteroatoms. The lowest BCUT2D eigenvalue weighted by molar-refractivity contribution is 0.0222. The molecule has 2 heterocycles. The zero-order chi connectivity index (χ0) is 21.3. The Kier molecular flexibility index (Phi) is 5.68. The molecule has 0 fully saturated rings. The number of benzene rings is 1. The van der Waals surface area contributed by atoms with Crippen LogP contribution in [0.5, 0.6) is 0 Å². The van der Waals surface area contributed by atoms with Crippen LogP contribution in [-0.2, 0) is 24.8 Å². The van der Waals surface area contributed by atoms with Gasteiger partial charge in [0.1, 0.15) is 11.3 Å². The van der Waals surface area contributed by atoms with Gasteiger partial charge < -0.3 is 14.5 Å². The number of ether oxygens (including phenoxy) is 1. The van der Waals surface area contributed by atoms with Crippen molar-refractivity contribution in [3.63, 3.8) is 0 Å². The largest absolute Gasteiger partial charge is 0.444 e. The van der Waals surface area contributed by atoms with Crippen LogP contribution >= 0.6 is 0 Å². The molecule has 2 amide bonds. The predicted octanol–water partition coefficient (Wildman–Crippen LogP) is 3.69. The molecule has 1 aromatic heterocycles. The molecule has 0 aliphatic carbocycles. The van der Waals surface area contributed by atoms with E-state index < -0.39 is 5.60 Å². The Hall–Kier alpha value is -2.83. The van der Waals surface area contributed by atoms with E-state index in [1.807, 2.05) is 58.9 Å². The van der Waals surface area contributed by atoms with Gasteiger partial charge >= 0.3 is 6.09 Å². The molecule has 1 aromatic carbocycles. The quantitative estimate of drug-likeness (QED) is 0.791. The first kappa shape index (κ1) is 20.9. The Morgan fingerprint density at radius 3 is 2.62 bits per heavy atom. The van der Waals surface area contributed by atoms with Gasteiger partial charge in [-0.2, -0.15) is 5.10 Å². The van der Waals surface area contributed by atoms with E-state index in [0.717, 1.165) is 22.5 Å². The maximum Gasteiger partial charge on any atom is 0.410 e. The van der Waals surface area contributed by atoms with Crippen molar-refractivity contribution < 1.29 is 14.3 Å². The number of rotatable bonds is 3. The summed E-state index contributed by atoms with van der Waals surface area (Å²) in [5.41, 5.74) is 3.59. The summed E-state index contributed by atoms with van der Waals surface area (Å²) >= 11 is 0. The number of nitrogens with zero attached hydrogens (tertiary/aromatic N) is 4. The third-order valence-electron chi connectivity index (χ3n) is 4.92. The number of anilines is 1. The second-order valence-electron chi connectivity index (χ2n) is 8.44. The Balaban J connectivity index is 1.91. The molecule has 0 radical (unpaired) electrons. The smallest absolute Gasteiger partial charge is 0.410 e. The molecule has 3 rings (SSSR count). The number of aromatic nitrogens is 2. The number of aryl methyl sites for hydroxylation is 2. The van der Waals surface area contributed by atoms with Gasteiger partial charge in [0.15, 0.2) is 0 Å². The average Bonchev–Trinajstić information content (AvgIpc) is 2.95. The Morgan fingerprint density at radius 2 is 2.00 bits per heavy atom. The summed E-state index contributed by atoms with van der Waals surface area (Å²) in [6.45, 7) is 10.9. The van der Waals surface area contributed by atoms with Crippen LogP contribution in [0.15, 0.2) is 24.3 Å². The third kappa shape index (κ3) is 4.44. The second kappa shape index (κ2) is 7.89. The third-order valence-corrected chi connectivity index (χ3v) is 4.92. The zero-order valence-electron chi connectivity index (χ0n) is 18.2. The van der Waals surface area contributed by atoms with Gasteiger partial charge in [-0.1, -0.05) is 12.1 Å². The fraction of sp³-hybridized carbons (Fsp3) is 0.500. The van der Waals surface area contributed by atoms with Crippen molar-refractivity contribution >= 4 is 17.7 Å². The number of hydrogen-bond acceptors (Lipinski definition) is 4. The number of carbonyl (C=O) groups is 2. The fourth-order valence-electron chi connectivity index (χ4n) is 3.62. The molecule has 1 aliphatic heterocycles. The van der Waals surface area contributed by atoms with E-state index in [1.54, 1.807) is 21.5 Å². The monoisotopic (exact) mass is 398 g/mol. The van der Waals surface area contributed by atoms with Gasteiger partial charge in [0.25, 0.3) is 5.91 Å². The topological polar surface area (TPSA) is 67.7 Å². The molecular formula is C22H30N4O3. The molecule has 1 aliphatic rings. The summed E-state index contributed by atoms with van der Waals surface area (Å²) in [6, 6.07) is 7.89. The standard InChI is InChI=1S/C22H30N4O3/c1-7-26(16-10-8-9-15(2)13-16)20(27)19-17-14-25(21(28)29-22(3,4)5)12-11-18(17)23-24(19)6/h8-10,13H,7,11-12,14H2,1-6H3. The second-order valence-corrected chi connectivity index (χ2v) is 8.44. The van der Waals surface area contributed by atoms with Crippen LogP contribution in [0.4, 0.5) is 10.5 Å². The first-order valence-corrected chi connectivity index (χ1v) is 10.0. The van der Waals surface area contributed by atoms with Gasteiger partial charge in [0.05, 0.1) is 12.2 Å². The molecule has 0 unspecified atom stereocenters. The fourth-order valence-corrected chi connectivity index (χ4v) is 3.62. The van der Waals surface area contributed by atoms with Crippen LogP contribution in [0.25, 0.3) is 0 Å². The van der Waals surface area contributed by atoms with Gasteiger partial charge in [-0.3, -0.25) is 9.48 Å². The van der Waals surface area contributed by atoms with Gasteiger partial charge in [0.2, 0.25) is 0 Å². The van der Waals surface area contributed by atoms with E-state index in [-0.39, 0.29) is 12.0 Å². The van der Waals surface area contributed by atoms with Crippen LogP contribution < -0.4 is 4.90 Å². The number of hydrogen-bond donors (Lipinski definition) is 0. The number of fused-ring (bicyclic) bond motifs is 1. The van der Waals surface area contributed by atoms with Crippen molar-refractivity contribution in [3.8, 4) is 0 Å². The Labute approximate surface area is 172 Å². The van der Waals surface area contributed by atoms with Crippen LogP contribution in [0.1, 0.15) is 55.0 Å². The Bertz CT molecular complexity index is 927. The van der Waals surface area contributed by atoms with Crippen molar-refractivity contribution in [1.29, 1.82) is 0 Å². The van der Waals surface area contributed by atoms with E-state index in [9.17, 15) is 9.59 Å². The van der Waals surface area contributed by atoms with E-state index in [1.165, 1.54) is 0 Å². The Morgan fingerprint density at radius 1 is 1.28 bits per heavy atom. The number of amides is 2. The molecule has 0 saturated carbocycles. The highest BCUT2D eigenvalue weighted by Gasteiger charge is 2.33. The molecule has 0 saturated heterocycles. The molecule has 0 bridgehead atoms. The lowest BCUT2D eigenvalue weighted by Crippen LogP contribution is -2.40. The molecule has 0 atom stereocenters. The van der Waals surface area contributed by atoms with Crippen molar-refractivity contribution in [3.05, 3.63) is 46.8 Å². The van der Waals surface area contributed by atoms with Crippen molar-refractivity contribution in [2.24, 2.45) is 7.05 Å². The average molecular weight is 399 g/mol. The van der Waals surface area contributed by atoms with Crippen molar-refractivity contribution in [2.75, 3.05) is 18.0 Å². The molecule has 156 valence electrons. The first-order chi connectivity index (χ1) is 13.6. The maximum absolute atomic E-state index is 13.5. The SMILES string of the molecule is CCN(C(=O)c1c2c(nn1C)CCN(C(=O)OC(C)(C)C)C2)c1cccc(C)c1. The molecule has 29 heavy (non-hydrogen) atoms. The highest BCUT2D eigenvalue weighted by molar-refractivity contribution is 6.06. The van der Waals surface area contributed by atoms with E-state index >= 15 is 0 Å². The van der Waals surface area contributed by atoms with Gasteiger partial charge in [0, 0.05) is 37.8 Å². The minimum atomic E-state index is -0.560. The van der Waals surface area contributed by atoms with Crippen LogP contribution in [0.2, 0.25) is 0 Å². The molecule has 0 N–H and O–H groups in total. The van der Waals surface area contributed by atoms with E-state index in [0.29, 0.717) is 31.7 Å². The minimum Gasteiger partial charge on any atom is -0.444 e. The number of carbonyl (C=O) groups excluding carboxylic acids is 2. The van der Waals surface area contributed by atoms with Crippen LogP contribution in [-0.4, -0.2) is 45.4 Å². The maximum atomic E-state index is 13.5. The van der Waals surface area contributed by atoms with E-state index in [2.05, 4.69) is 5.10 Å². The van der Waals surface area contributed by atoms with E-state index in [4.69, 9.17) is 4.74 Å². The van der Waals surface area contributed by atoms with Crippen LogP contribution in [0, 0.1) is 6.92 Å². The highest BCUT2D eigenvalue weighted by atomic mass is 16.6. The van der Waals surface area contributed by atoms with Crippen molar-refractivity contribution in [2.45, 2.75) is 53.2 Å². The molecular weight excluding hydrogens is 368 g/mol. The molecule has 7 nitrogen and oxygen atoms in total. The lowest BCUT2D eigenvalue weighted by atomic mass is 10.0. The molecule has 2 aromatic rings. The summed E-state index contributed by atoms with van der Waals surface area (Å²) in [7, 11) is 1.79. The lowest BCUT2D eigenvalue weighted by Gasteiger charge is -2.30. The van der Waals surface area contributed by atoms with Crippen LogP contribution in [0.3, 0.4) is 0 Å². The summed E-state index contributed by atoms with van der Waals surface area (Å²) in [5, 5.41) is 4.56. The van der Waals surface area contributed by atoms with Gasteiger partial charge in [-0.25, -0.2) is 4.79 Å². The summed E-state index contributed by atoms with van der Waals surface area (Å²) < 4.78 is 7.16. The zero-order valence-corrected chi connectivity index (χ0v) is 18.2. The summed E-state index contributed by atoms with van der Waals surface area (Å²) in [5.74, 6) is -0.111. The highest BCUT2D eigenvalue weighted by Crippen LogP contribution is 2.26. The summed E-state index contributed by atoms with van der Waals surface area (Å²) in [4.78, 5) is 29.4. The minimum absolute atomic E-state index is 0.111. The van der Waals surface area contributed by atoms with Gasteiger partial charge in [-0.05, 0) is 52.3 Å². The van der Waals surface area contributed by atoms with Crippen molar-refractivity contribution in [1.82, 2.24) is 14.7 Å². The predicted molar refractivity (Wildman–Crippen MR) is 112 cm³/mol. The summed E-state index contributed by atoms with van der Waals surface area (Å²) in [6.07, 6.45) is 0.239. The normalized spacial score (nSPS) is 13.8.